The maximum absolute atomic E-state index is 5.26. The first-order chi connectivity index (χ1) is 7.99. The molecule has 1 aliphatic carbocycles. The lowest BCUT2D eigenvalue weighted by molar-refractivity contribution is 0.0170. The fraction of sp³-hybridized carbons (Fsp3) is 0.769. The Morgan fingerprint density at radius 3 is 2.71 bits per heavy atom. The lowest BCUT2D eigenvalue weighted by Crippen LogP contribution is -2.44. The summed E-state index contributed by atoms with van der Waals surface area (Å²) in [6.45, 7) is 7.50. The number of thiazole rings is 1. The minimum Gasteiger partial charge on any atom is -0.381 e. The van der Waals surface area contributed by atoms with E-state index in [1.807, 2.05) is 0 Å². The van der Waals surface area contributed by atoms with Crippen molar-refractivity contribution in [2.75, 3.05) is 7.11 Å². The predicted octanol–water partition coefficient (Wildman–Crippen LogP) is 2.71. The zero-order chi connectivity index (χ0) is 12.5. The van der Waals surface area contributed by atoms with Gasteiger partial charge in [-0.3, -0.25) is 0 Å². The van der Waals surface area contributed by atoms with E-state index in [4.69, 9.17) is 4.74 Å². The molecule has 96 valence electrons. The Morgan fingerprint density at radius 1 is 1.47 bits per heavy atom. The highest BCUT2D eigenvalue weighted by Gasteiger charge is 2.28. The average Bonchev–Trinajstić information content (AvgIpc) is 2.63. The van der Waals surface area contributed by atoms with E-state index in [1.165, 1.54) is 10.7 Å². The molecular formula is C13H22N2OS. The summed E-state index contributed by atoms with van der Waals surface area (Å²) < 4.78 is 5.26. The number of ether oxygens (including phenoxy) is 1. The number of nitrogens with zero attached hydrogens (tertiary/aromatic N) is 1. The number of hydrogen-bond acceptors (Lipinski definition) is 4. The Balaban J connectivity index is 1.78. The Kier molecular flexibility index (Phi) is 3.85. The van der Waals surface area contributed by atoms with Crippen molar-refractivity contribution in [2.45, 2.75) is 57.7 Å². The summed E-state index contributed by atoms with van der Waals surface area (Å²) in [4.78, 5) is 4.68. The van der Waals surface area contributed by atoms with Gasteiger partial charge in [-0.2, -0.15) is 0 Å². The van der Waals surface area contributed by atoms with Gasteiger partial charge in [0.1, 0.15) is 5.01 Å². The van der Waals surface area contributed by atoms with Gasteiger partial charge in [-0.1, -0.05) is 20.8 Å². The van der Waals surface area contributed by atoms with Crippen LogP contribution < -0.4 is 5.32 Å². The minimum absolute atomic E-state index is 0.159. The van der Waals surface area contributed by atoms with E-state index in [9.17, 15) is 0 Å². The van der Waals surface area contributed by atoms with Crippen LogP contribution in [0, 0.1) is 0 Å². The fourth-order valence-electron chi connectivity index (χ4n) is 1.89. The van der Waals surface area contributed by atoms with E-state index < -0.39 is 0 Å². The summed E-state index contributed by atoms with van der Waals surface area (Å²) in [5.41, 5.74) is 1.36. The van der Waals surface area contributed by atoms with Gasteiger partial charge in [0.05, 0.1) is 11.8 Å². The number of aromatic nitrogens is 1. The molecule has 0 atom stereocenters. The normalized spacial score (nSPS) is 24.7. The lowest BCUT2D eigenvalue weighted by atomic mass is 9.89. The molecule has 1 fully saturated rings. The molecule has 1 aromatic rings. The van der Waals surface area contributed by atoms with E-state index in [0.29, 0.717) is 12.1 Å². The van der Waals surface area contributed by atoms with Crippen molar-refractivity contribution in [3.63, 3.8) is 0 Å². The average molecular weight is 254 g/mol. The first kappa shape index (κ1) is 13.0. The third-order valence-corrected chi connectivity index (χ3v) is 4.14. The van der Waals surface area contributed by atoms with Crippen LogP contribution in [0.1, 0.15) is 44.3 Å². The van der Waals surface area contributed by atoms with Crippen LogP contribution in [0.4, 0.5) is 0 Å². The quantitative estimate of drug-likeness (QED) is 0.897. The van der Waals surface area contributed by atoms with Gasteiger partial charge in [0.2, 0.25) is 0 Å². The van der Waals surface area contributed by atoms with Gasteiger partial charge in [0.25, 0.3) is 0 Å². The summed E-state index contributed by atoms with van der Waals surface area (Å²) in [5, 5.41) is 6.90. The number of rotatable bonds is 4. The number of nitrogens with one attached hydrogen (secondary N) is 1. The molecule has 4 heteroatoms. The zero-order valence-electron chi connectivity index (χ0n) is 11.1. The highest BCUT2D eigenvalue weighted by Crippen LogP contribution is 2.25. The second-order valence-electron chi connectivity index (χ2n) is 5.78. The molecule has 1 heterocycles. The van der Waals surface area contributed by atoms with E-state index in [2.05, 4.69) is 36.5 Å². The topological polar surface area (TPSA) is 34.1 Å². The second-order valence-corrected chi connectivity index (χ2v) is 6.73. The van der Waals surface area contributed by atoms with Gasteiger partial charge >= 0.3 is 0 Å². The summed E-state index contributed by atoms with van der Waals surface area (Å²) in [6, 6.07) is 0.613. The van der Waals surface area contributed by atoms with Crippen molar-refractivity contribution in [3.05, 3.63) is 16.1 Å². The molecule has 1 aliphatic rings. The standard InChI is InChI=1S/C13H22N2OS/c1-13(2,3)11-8-17-12(15-11)7-14-9-5-10(6-9)16-4/h8-10,14H,5-7H2,1-4H3. The van der Waals surface area contributed by atoms with Crippen molar-refractivity contribution in [3.8, 4) is 0 Å². The Labute approximate surface area is 108 Å². The van der Waals surface area contributed by atoms with Crippen LogP contribution in [0.3, 0.4) is 0 Å². The van der Waals surface area contributed by atoms with Crippen LogP contribution in [0.15, 0.2) is 5.38 Å². The number of hydrogen-bond donors (Lipinski definition) is 1. The van der Waals surface area contributed by atoms with Crippen molar-refractivity contribution in [1.29, 1.82) is 0 Å². The first-order valence-corrected chi connectivity index (χ1v) is 7.08. The Bertz CT molecular complexity index is 364. The van der Waals surface area contributed by atoms with Gasteiger partial charge in [-0.05, 0) is 12.8 Å². The van der Waals surface area contributed by atoms with Crippen molar-refractivity contribution in [1.82, 2.24) is 10.3 Å². The largest absolute Gasteiger partial charge is 0.381 e. The van der Waals surface area contributed by atoms with Gasteiger partial charge < -0.3 is 10.1 Å². The van der Waals surface area contributed by atoms with Crippen LogP contribution in [0.2, 0.25) is 0 Å². The fourth-order valence-corrected chi connectivity index (χ4v) is 2.86. The SMILES string of the molecule is COC1CC(NCc2nc(C(C)(C)C)cs2)C1. The maximum Gasteiger partial charge on any atom is 0.107 e. The maximum atomic E-state index is 5.26. The lowest BCUT2D eigenvalue weighted by Gasteiger charge is -2.34. The molecule has 3 nitrogen and oxygen atoms in total. The molecule has 17 heavy (non-hydrogen) atoms. The van der Waals surface area contributed by atoms with Gasteiger partial charge in [0.15, 0.2) is 0 Å². The van der Waals surface area contributed by atoms with Gasteiger partial charge in [-0.25, -0.2) is 4.98 Å². The molecule has 0 saturated heterocycles. The predicted molar refractivity (Wildman–Crippen MR) is 71.5 cm³/mol. The summed E-state index contributed by atoms with van der Waals surface area (Å²) in [6.07, 6.45) is 2.73. The molecule has 0 unspecified atom stereocenters. The molecule has 0 aromatic carbocycles. The van der Waals surface area contributed by atoms with Crippen molar-refractivity contribution < 1.29 is 4.74 Å². The van der Waals surface area contributed by atoms with E-state index in [1.54, 1.807) is 18.4 Å². The van der Waals surface area contributed by atoms with Crippen LogP contribution in [0.25, 0.3) is 0 Å². The van der Waals surface area contributed by atoms with Crippen molar-refractivity contribution in [2.24, 2.45) is 0 Å². The third kappa shape index (κ3) is 3.27. The van der Waals surface area contributed by atoms with E-state index in [0.717, 1.165) is 19.4 Å². The highest BCUT2D eigenvalue weighted by atomic mass is 32.1. The summed E-state index contributed by atoms with van der Waals surface area (Å²) >= 11 is 1.75. The third-order valence-electron chi connectivity index (χ3n) is 3.29. The first-order valence-electron chi connectivity index (χ1n) is 6.20. The van der Waals surface area contributed by atoms with Crippen LogP contribution >= 0.6 is 11.3 Å². The van der Waals surface area contributed by atoms with E-state index >= 15 is 0 Å². The van der Waals surface area contributed by atoms with E-state index in [-0.39, 0.29) is 5.41 Å². The molecule has 0 spiro atoms. The van der Waals surface area contributed by atoms with Crippen LogP contribution in [-0.2, 0) is 16.7 Å². The van der Waals surface area contributed by atoms with Gasteiger partial charge in [-0.15, -0.1) is 11.3 Å². The Hall–Kier alpha value is -0.450. The second kappa shape index (κ2) is 5.04. The number of methoxy groups -OCH3 is 1. The molecule has 0 bridgehead atoms. The monoisotopic (exact) mass is 254 g/mol. The summed E-state index contributed by atoms with van der Waals surface area (Å²) in [5.74, 6) is 0. The van der Waals surface area contributed by atoms with Crippen LogP contribution in [0.5, 0.6) is 0 Å². The molecule has 1 saturated carbocycles. The molecule has 1 N–H and O–H groups in total. The molecule has 0 aliphatic heterocycles. The minimum atomic E-state index is 0.159. The smallest absolute Gasteiger partial charge is 0.107 e. The molecule has 1 aromatic heterocycles. The molecule has 0 amide bonds. The molecular weight excluding hydrogens is 232 g/mol. The summed E-state index contributed by atoms with van der Waals surface area (Å²) in [7, 11) is 1.79. The van der Waals surface area contributed by atoms with Crippen molar-refractivity contribution >= 4 is 11.3 Å². The Morgan fingerprint density at radius 2 is 2.18 bits per heavy atom. The highest BCUT2D eigenvalue weighted by molar-refractivity contribution is 7.09. The zero-order valence-corrected chi connectivity index (χ0v) is 11.9. The van der Waals surface area contributed by atoms with Crippen LogP contribution in [-0.4, -0.2) is 24.2 Å². The molecule has 0 radical (unpaired) electrons. The molecule has 2 rings (SSSR count). The van der Waals surface area contributed by atoms with Gasteiger partial charge in [0, 0.05) is 30.5 Å².